The van der Waals surface area contributed by atoms with Gasteiger partial charge in [-0.05, 0) is 0 Å². The molecule has 0 saturated heterocycles. The van der Waals surface area contributed by atoms with Crippen LogP contribution >= 0.6 is 0 Å². The highest BCUT2D eigenvalue weighted by Gasteiger charge is 2.34. The first-order valence-electron chi connectivity index (χ1n) is 8.16. The van der Waals surface area contributed by atoms with Gasteiger partial charge in [-0.15, -0.1) is 0 Å². The van der Waals surface area contributed by atoms with Gasteiger partial charge in [-0.2, -0.15) is 26.3 Å². The van der Waals surface area contributed by atoms with Crippen LogP contribution in [0.4, 0.5) is 64.1 Å². The zero-order valence-corrected chi connectivity index (χ0v) is 15.5. The Bertz CT molecular complexity index is 1170. The summed E-state index contributed by atoms with van der Waals surface area (Å²) in [6.45, 7) is 0. The Hall–Kier alpha value is -3.98. The van der Waals surface area contributed by atoms with Gasteiger partial charge in [0, 0.05) is 0 Å². The average Bonchev–Trinajstić information content (AvgIpc) is 2.81. The molecule has 0 heterocycles. The normalized spacial score (nSPS) is 11.2. The van der Waals surface area contributed by atoms with Crippen LogP contribution in [0.5, 0.6) is 23.0 Å². The summed E-state index contributed by atoms with van der Waals surface area (Å²) in [6.07, 6.45) is 0. The summed E-state index contributed by atoms with van der Waals surface area (Å²) in [5, 5.41) is 0. The molecule has 4 N–H and O–H groups in total. The SMILES string of the molecule is Nc1c(F)c(F)c(F)c(Oc2c(F)c(F)c(Oc3c(F)c(N)c(F)c(F)c3F)c(F)c2F)c1F. The maximum atomic E-state index is 14.3. The maximum Gasteiger partial charge on any atom is 0.208 e. The lowest BCUT2D eigenvalue weighted by molar-refractivity contribution is 0.301. The second-order valence-corrected chi connectivity index (χ2v) is 6.12. The third-order valence-electron chi connectivity index (χ3n) is 4.11. The van der Waals surface area contributed by atoms with Crippen molar-refractivity contribution in [1.82, 2.24) is 0 Å². The molecule has 0 saturated carbocycles. The number of halogens is 12. The summed E-state index contributed by atoms with van der Waals surface area (Å²) in [5.74, 6) is -38.8. The van der Waals surface area contributed by atoms with Crippen LogP contribution in [-0.2, 0) is 0 Å². The van der Waals surface area contributed by atoms with Crippen molar-refractivity contribution in [1.29, 1.82) is 0 Å². The summed E-state index contributed by atoms with van der Waals surface area (Å²) >= 11 is 0. The molecule has 34 heavy (non-hydrogen) atoms. The molecule has 0 aliphatic rings. The second kappa shape index (κ2) is 8.42. The predicted octanol–water partition coefficient (Wildman–Crippen LogP) is 6.10. The second-order valence-electron chi connectivity index (χ2n) is 6.12. The van der Waals surface area contributed by atoms with Crippen molar-refractivity contribution in [3.8, 4) is 23.0 Å². The zero-order valence-electron chi connectivity index (χ0n) is 15.5. The van der Waals surface area contributed by atoms with E-state index >= 15 is 0 Å². The minimum absolute atomic E-state index is 1.74. The van der Waals surface area contributed by atoms with Crippen LogP contribution in [0.2, 0.25) is 0 Å². The summed E-state index contributed by atoms with van der Waals surface area (Å²) in [4.78, 5) is 0. The third kappa shape index (κ3) is 3.54. The predicted molar refractivity (Wildman–Crippen MR) is 87.8 cm³/mol. The standard InChI is InChI=1S/C18H4F12N2O2/c19-1-3(21)13(31)11(29)17(5(1)23)33-15-7(25)9(27)16(10(28)8(15)26)34-18-6(24)2(20)4(22)14(32)12(18)30/h31-32H2. The van der Waals surface area contributed by atoms with Crippen molar-refractivity contribution < 1.29 is 62.2 Å². The third-order valence-corrected chi connectivity index (χ3v) is 4.11. The van der Waals surface area contributed by atoms with E-state index in [1.165, 1.54) is 0 Å². The topological polar surface area (TPSA) is 70.5 Å². The average molecular weight is 508 g/mol. The highest BCUT2D eigenvalue weighted by Crippen LogP contribution is 2.43. The summed E-state index contributed by atoms with van der Waals surface area (Å²) < 4.78 is 174. The van der Waals surface area contributed by atoms with Gasteiger partial charge in [0.05, 0.1) is 0 Å². The van der Waals surface area contributed by atoms with Crippen LogP contribution in [0.15, 0.2) is 0 Å². The lowest BCUT2D eigenvalue weighted by atomic mass is 10.2. The van der Waals surface area contributed by atoms with E-state index in [4.69, 9.17) is 11.5 Å². The van der Waals surface area contributed by atoms with Crippen LogP contribution in [0.1, 0.15) is 0 Å². The van der Waals surface area contributed by atoms with Crippen molar-refractivity contribution in [2.24, 2.45) is 0 Å². The van der Waals surface area contributed by atoms with E-state index in [9.17, 15) is 52.7 Å². The van der Waals surface area contributed by atoms with Crippen LogP contribution in [0, 0.1) is 69.8 Å². The number of nitrogens with two attached hydrogens (primary N) is 2. The number of benzene rings is 3. The molecule has 0 bridgehead atoms. The van der Waals surface area contributed by atoms with Crippen molar-refractivity contribution in [3.63, 3.8) is 0 Å². The number of ether oxygens (including phenoxy) is 2. The molecule has 0 atom stereocenters. The molecule has 0 aliphatic heterocycles. The Morgan fingerprint density at radius 2 is 0.500 bits per heavy atom. The van der Waals surface area contributed by atoms with Gasteiger partial charge in [0.15, 0.2) is 23.3 Å². The van der Waals surface area contributed by atoms with E-state index in [1.54, 1.807) is 0 Å². The smallest absolute Gasteiger partial charge is 0.208 e. The van der Waals surface area contributed by atoms with Gasteiger partial charge < -0.3 is 20.9 Å². The minimum Gasteiger partial charge on any atom is -0.445 e. The van der Waals surface area contributed by atoms with Crippen molar-refractivity contribution >= 4 is 11.4 Å². The molecule has 0 aromatic heterocycles. The van der Waals surface area contributed by atoms with Crippen molar-refractivity contribution in [2.75, 3.05) is 11.5 Å². The molecule has 0 aliphatic carbocycles. The highest BCUT2D eigenvalue weighted by molar-refractivity contribution is 5.53. The molecule has 4 nitrogen and oxygen atoms in total. The van der Waals surface area contributed by atoms with Gasteiger partial charge in [0.25, 0.3) is 0 Å². The molecule has 182 valence electrons. The summed E-state index contributed by atoms with van der Waals surface area (Å²) in [5.41, 5.74) is 6.09. The van der Waals surface area contributed by atoms with E-state index < -0.39 is 104 Å². The van der Waals surface area contributed by atoms with Gasteiger partial charge in [0.1, 0.15) is 11.4 Å². The first kappa shape index (κ1) is 24.7. The first-order valence-corrected chi connectivity index (χ1v) is 8.16. The Morgan fingerprint density at radius 1 is 0.294 bits per heavy atom. The van der Waals surface area contributed by atoms with Crippen LogP contribution < -0.4 is 20.9 Å². The van der Waals surface area contributed by atoms with E-state index in [-0.39, 0.29) is 0 Å². The Morgan fingerprint density at radius 3 is 0.765 bits per heavy atom. The van der Waals surface area contributed by atoms with E-state index in [0.29, 0.717) is 0 Å². The Kier molecular flexibility index (Phi) is 6.11. The van der Waals surface area contributed by atoms with Crippen LogP contribution in [0.3, 0.4) is 0 Å². The lowest BCUT2D eigenvalue weighted by Crippen LogP contribution is -2.10. The molecule has 0 amide bonds. The van der Waals surface area contributed by atoms with Gasteiger partial charge in [-0.1, -0.05) is 0 Å². The van der Waals surface area contributed by atoms with E-state index in [0.717, 1.165) is 0 Å². The lowest BCUT2D eigenvalue weighted by Gasteiger charge is -2.16. The van der Waals surface area contributed by atoms with Crippen molar-refractivity contribution in [3.05, 3.63) is 69.8 Å². The molecule has 3 rings (SSSR count). The zero-order chi connectivity index (χ0) is 25.8. The number of anilines is 2. The van der Waals surface area contributed by atoms with Crippen molar-refractivity contribution in [2.45, 2.75) is 0 Å². The molecule has 0 spiro atoms. The monoisotopic (exact) mass is 508 g/mol. The molecule has 3 aromatic rings. The number of nitrogen functional groups attached to an aromatic ring is 2. The fourth-order valence-electron chi connectivity index (χ4n) is 2.41. The van der Waals surface area contributed by atoms with E-state index in [1.807, 2.05) is 0 Å². The quantitative estimate of drug-likeness (QED) is 0.193. The largest absolute Gasteiger partial charge is 0.445 e. The molecule has 0 radical (unpaired) electrons. The number of hydrogen-bond acceptors (Lipinski definition) is 4. The molecule has 16 heteroatoms. The first-order chi connectivity index (χ1) is 15.7. The fraction of sp³-hybridized carbons (Fsp3) is 0. The Balaban J connectivity index is 2.18. The highest BCUT2D eigenvalue weighted by atomic mass is 19.2. The molecular weight excluding hydrogens is 504 g/mol. The van der Waals surface area contributed by atoms with Crippen LogP contribution in [-0.4, -0.2) is 0 Å². The van der Waals surface area contributed by atoms with Gasteiger partial charge in [-0.25, -0.2) is 26.3 Å². The number of hydrogen-bond donors (Lipinski definition) is 2. The Labute approximate surface area is 178 Å². The fourth-order valence-corrected chi connectivity index (χ4v) is 2.41. The van der Waals surface area contributed by atoms with E-state index in [2.05, 4.69) is 9.47 Å². The maximum absolute atomic E-state index is 14.3. The van der Waals surface area contributed by atoms with Crippen LogP contribution in [0.25, 0.3) is 0 Å². The molecular formula is C18H4F12N2O2. The van der Waals surface area contributed by atoms with Gasteiger partial charge >= 0.3 is 0 Å². The molecule has 0 unspecified atom stereocenters. The van der Waals surface area contributed by atoms with Gasteiger partial charge in [-0.3, -0.25) is 0 Å². The summed E-state index contributed by atoms with van der Waals surface area (Å²) in [7, 11) is 0. The molecule has 3 aromatic carbocycles. The molecule has 0 fully saturated rings. The summed E-state index contributed by atoms with van der Waals surface area (Å²) in [6, 6.07) is 0. The number of rotatable bonds is 4. The van der Waals surface area contributed by atoms with Gasteiger partial charge in [0.2, 0.25) is 69.5 Å². The minimum atomic E-state index is -2.69.